The van der Waals surface area contributed by atoms with E-state index in [4.69, 9.17) is 4.65 Å². The van der Waals surface area contributed by atoms with Crippen LogP contribution in [0.3, 0.4) is 0 Å². The second kappa shape index (κ2) is 1.94. The van der Waals surface area contributed by atoms with Crippen LogP contribution in [0.2, 0.25) is 6.32 Å². The first-order chi connectivity index (χ1) is 4.47. The third-order valence-electron chi connectivity index (χ3n) is 1.82. The summed E-state index contributed by atoms with van der Waals surface area (Å²) < 4.78 is 5.24. The Balaban J connectivity index is 2.23. The minimum Gasteiger partial charge on any atom is -0.566 e. The SMILES string of the molecule is [B]1CC2CC=CC=C2O1. The third kappa shape index (κ3) is 0.785. The summed E-state index contributed by atoms with van der Waals surface area (Å²) in [5, 5.41) is 0. The zero-order valence-electron chi connectivity index (χ0n) is 5.21. The third-order valence-corrected chi connectivity index (χ3v) is 1.82. The van der Waals surface area contributed by atoms with Crippen LogP contribution in [0, 0.1) is 5.92 Å². The quantitative estimate of drug-likeness (QED) is 0.439. The molecule has 1 radical (unpaired) electrons. The molecule has 2 heteroatoms. The number of hydrogen-bond donors (Lipinski definition) is 0. The fraction of sp³-hybridized carbons (Fsp3) is 0.429. The van der Waals surface area contributed by atoms with Crippen molar-refractivity contribution < 1.29 is 4.65 Å². The number of rotatable bonds is 0. The highest BCUT2D eigenvalue weighted by molar-refractivity contribution is 6.29. The van der Waals surface area contributed by atoms with E-state index in [0.29, 0.717) is 5.92 Å². The van der Waals surface area contributed by atoms with Crippen LogP contribution in [-0.4, -0.2) is 7.48 Å². The molecule has 0 amide bonds. The number of fused-ring (bicyclic) bond motifs is 1. The summed E-state index contributed by atoms with van der Waals surface area (Å²) in [7, 11) is 1.89. The van der Waals surface area contributed by atoms with Gasteiger partial charge < -0.3 is 4.65 Å². The van der Waals surface area contributed by atoms with Gasteiger partial charge in [-0.3, -0.25) is 0 Å². The van der Waals surface area contributed by atoms with Crippen LogP contribution < -0.4 is 0 Å². The summed E-state index contributed by atoms with van der Waals surface area (Å²) >= 11 is 0. The van der Waals surface area contributed by atoms with Gasteiger partial charge in [0, 0.05) is 5.92 Å². The second-order valence-corrected chi connectivity index (χ2v) is 2.45. The van der Waals surface area contributed by atoms with E-state index < -0.39 is 0 Å². The molecule has 1 fully saturated rings. The first-order valence-corrected chi connectivity index (χ1v) is 3.32. The maximum Gasteiger partial charge on any atom is 0.370 e. The molecule has 1 heterocycles. The molecule has 9 heavy (non-hydrogen) atoms. The van der Waals surface area contributed by atoms with Gasteiger partial charge in [-0.1, -0.05) is 12.2 Å². The van der Waals surface area contributed by atoms with Crippen LogP contribution in [0.25, 0.3) is 0 Å². The van der Waals surface area contributed by atoms with Crippen LogP contribution in [0.5, 0.6) is 0 Å². The van der Waals surface area contributed by atoms with Gasteiger partial charge in [0.2, 0.25) is 0 Å². The first-order valence-electron chi connectivity index (χ1n) is 3.32. The standard InChI is InChI=1S/C7H8BO/c1-2-4-7-6(3-1)5-8-9-7/h1-2,4,6H,3,5H2. The Hall–Kier alpha value is -0.655. The Morgan fingerprint density at radius 1 is 1.67 bits per heavy atom. The van der Waals surface area contributed by atoms with Gasteiger partial charge in [-0.05, 0) is 18.8 Å². The molecule has 0 N–H and O–H groups in total. The van der Waals surface area contributed by atoms with E-state index in [-0.39, 0.29) is 0 Å². The van der Waals surface area contributed by atoms with Crippen molar-refractivity contribution in [3.8, 4) is 0 Å². The average Bonchev–Trinajstić information content (AvgIpc) is 2.33. The topological polar surface area (TPSA) is 9.23 Å². The van der Waals surface area contributed by atoms with Gasteiger partial charge in [0.05, 0.1) is 5.76 Å². The monoisotopic (exact) mass is 119 g/mol. The van der Waals surface area contributed by atoms with Gasteiger partial charge in [-0.2, -0.15) is 0 Å². The predicted molar refractivity (Wildman–Crippen MR) is 37.0 cm³/mol. The average molecular weight is 119 g/mol. The Labute approximate surface area is 55.7 Å². The summed E-state index contributed by atoms with van der Waals surface area (Å²) in [6.07, 6.45) is 8.55. The van der Waals surface area contributed by atoms with E-state index >= 15 is 0 Å². The van der Waals surface area contributed by atoms with Gasteiger partial charge >= 0.3 is 7.48 Å². The molecule has 45 valence electrons. The summed E-state index contributed by atoms with van der Waals surface area (Å²) in [5.41, 5.74) is 0. The second-order valence-electron chi connectivity index (χ2n) is 2.45. The lowest BCUT2D eigenvalue weighted by molar-refractivity contribution is 0.426. The van der Waals surface area contributed by atoms with Crippen molar-refractivity contribution in [2.45, 2.75) is 12.7 Å². The molecule has 2 aliphatic rings. The summed E-state index contributed by atoms with van der Waals surface area (Å²) in [6.45, 7) is 0. The van der Waals surface area contributed by atoms with Crippen LogP contribution in [0.15, 0.2) is 24.0 Å². The zero-order chi connectivity index (χ0) is 6.10. The van der Waals surface area contributed by atoms with E-state index in [2.05, 4.69) is 18.2 Å². The minimum atomic E-state index is 0.662. The molecule has 0 saturated carbocycles. The van der Waals surface area contributed by atoms with Crippen molar-refractivity contribution in [2.24, 2.45) is 5.92 Å². The van der Waals surface area contributed by atoms with Crippen molar-refractivity contribution in [2.75, 3.05) is 0 Å². The van der Waals surface area contributed by atoms with Gasteiger partial charge in [0.25, 0.3) is 0 Å². The molecule has 0 aromatic rings. The minimum absolute atomic E-state index is 0.662. The molecule has 2 rings (SSSR count). The molecule has 0 aromatic heterocycles. The van der Waals surface area contributed by atoms with E-state index in [1.165, 1.54) is 0 Å². The highest BCUT2D eigenvalue weighted by Gasteiger charge is 2.23. The predicted octanol–water partition coefficient (Wildman–Crippen LogP) is 1.51. The molecule has 1 aliphatic carbocycles. The first kappa shape index (κ1) is 5.16. The summed E-state index contributed by atoms with van der Waals surface area (Å²) in [5.74, 6) is 1.81. The van der Waals surface area contributed by atoms with E-state index in [1.54, 1.807) is 0 Å². The van der Waals surface area contributed by atoms with Crippen LogP contribution in [0.1, 0.15) is 6.42 Å². The number of hydrogen-bond acceptors (Lipinski definition) is 1. The van der Waals surface area contributed by atoms with Crippen molar-refractivity contribution in [3.63, 3.8) is 0 Å². The highest BCUT2D eigenvalue weighted by atomic mass is 16.4. The fourth-order valence-electron chi connectivity index (χ4n) is 1.27. The van der Waals surface area contributed by atoms with Gasteiger partial charge in [0.1, 0.15) is 0 Å². The fourth-order valence-corrected chi connectivity index (χ4v) is 1.27. The Bertz CT molecular complexity index is 172. The van der Waals surface area contributed by atoms with Gasteiger partial charge in [-0.25, -0.2) is 0 Å². The van der Waals surface area contributed by atoms with Crippen LogP contribution >= 0.6 is 0 Å². The molecule has 0 aromatic carbocycles. The lowest BCUT2D eigenvalue weighted by atomic mass is 9.86. The summed E-state index contributed by atoms with van der Waals surface area (Å²) in [6, 6.07) is 0. The largest absolute Gasteiger partial charge is 0.566 e. The smallest absolute Gasteiger partial charge is 0.370 e. The molecular weight excluding hydrogens is 111 g/mol. The molecule has 1 unspecified atom stereocenters. The van der Waals surface area contributed by atoms with Crippen molar-refractivity contribution in [1.82, 2.24) is 0 Å². The zero-order valence-corrected chi connectivity index (χ0v) is 5.21. The van der Waals surface area contributed by atoms with Crippen LogP contribution in [0.4, 0.5) is 0 Å². The van der Waals surface area contributed by atoms with Crippen molar-refractivity contribution in [3.05, 3.63) is 24.0 Å². The summed E-state index contributed by atoms with van der Waals surface area (Å²) in [4.78, 5) is 0. The van der Waals surface area contributed by atoms with Crippen molar-refractivity contribution in [1.29, 1.82) is 0 Å². The lowest BCUT2D eigenvalue weighted by Gasteiger charge is -2.10. The van der Waals surface area contributed by atoms with Crippen molar-refractivity contribution >= 4 is 7.48 Å². The molecule has 1 nitrogen and oxygen atoms in total. The Kier molecular flexibility index (Phi) is 1.11. The molecule has 1 aliphatic heterocycles. The maximum absolute atomic E-state index is 5.24. The van der Waals surface area contributed by atoms with E-state index in [1.807, 2.05) is 7.48 Å². The molecule has 1 saturated heterocycles. The van der Waals surface area contributed by atoms with E-state index in [9.17, 15) is 0 Å². The highest BCUT2D eigenvalue weighted by Crippen LogP contribution is 2.29. The normalized spacial score (nSPS) is 30.2. The van der Waals surface area contributed by atoms with Gasteiger partial charge in [-0.15, -0.1) is 0 Å². The molecular formula is C7H8BO. The maximum atomic E-state index is 5.24. The van der Waals surface area contributed by atoms with Gasteiger partial charge in [0.15, 0.2) is 0 Å². The lowest BCUT2D eigenvalue weighted by Crippen LogP contribution is -1.96. The molecule has 1 atom stereocenters. The number of allylic oxidation sites excluding steroid dienone is 4. The van der Waals surface area contributed by atoms with Crippen LogP contribution in [-0.2, 0) is 4.65 Å². The Morgan fingerprint density at radius 3 is 3.56 bits per heavy atom. The van der Waals surface area contributed by atoms with E-state index in [0.717, 1.165) is 18.5 Å². The molecule has 0 spiro atoms. The molecule has 0 bridgehead atoms. The Morgan fingerprint density at radius 2 is 2.67 bits per heavy atom.